The summed E-state index contributed by atoms with van der Waals surface area (Å²) in [5.41, 5.74) is 0. The van der Waals surface area contributed by atoms with Crippen LogP contribution in [0.25, 0.3) is 0 Å². The van der Waals surface area contributed by atoms with Crippen molar-refractivity contribution >= 4 is 5.91 Å². The van der Waals surface area contributed by atoms with Crippen LogP contribution in [0.15, 0.2) is 24.3 Å². The molecule has 0 radical (unpaired) electrons. The van der Waals surface area contributed by atoms with E-state index >= 15 is 0 Å². The minimum Gasteiger partial charge on any atom is -0.394 e. The highest BCUT2D eigenvalue weighted by Crippen LogP contribution is 2.15. The Morgan fingerprint density at radius 1 is 0.480 bits per heavy atom. The second kappa shape index (κ2) is 39.0. The standard InChI is InChI=1S/C44H85NO5/c1-3-5-7-9-11-13-15-17-19-20-21-22-24-26-28-30-32-34-36-38-42(48)44(50)45-40(39-46)43(49)41(47)37-35-33-31-29-27-25-23-18-16-14-12-10-8-6-4-2/h21-22,29,31,40-43,46-49H,3-20,23-28,30,32-39H2,1-2H3,(H,45,50)/b22-21-,31-29+. The summed E-state index contributed by atoms with van der Waals surface area (Å²) in [4.78, 5) is 12.5. The fourth-order valence-corrected chi connectivity index (χ4v) is 6.63. The van der Waals surface area contributed by atoms with Gasteiger partial charge in [-0.15, -0.1) is 0 Å². The van der Waals surface area contributed by atoms with Crippen LogP contribution in [0.1, 0.15) is 219 Å². The van der Waals surface area contributed by atoms with Crippen molar-refractivity contribution in [3.05, 3.63) is 24.3 Å². The summed E-state index contributed by atoms with van der Waals surface area (Å²) >= 11 is 0. The molecule has 0 spiro atoms. The average molecular weight is 708 g/mol. The molecule has 296 valence electrons. The molecule has 50 heavy (non-hydrogen) atoms. The number of carbonyl (C=O) groups excluding carboxylic acids is 1. The molecule has 0 aromatic rings. The molecule has 0 aliphatic heterocycles. The van der Waals surface area contributed by atoms with Gasteiger partial charge in [0.15, 0.2) is 0 Å². The van der Waals surface area contributed by atoms with E-state index in [1.54, 1.807) is 0 Å². The molecule has 0 heterocycles. The number of allylic oxidation sites excluding steroid dienone is 4. The van der Waals surface area contributed by atoms with Crippen LogP contribution in [0.4, 0.5) is 0 Å². The van der Waals surface area contributed by atoms with Gasteiger partial charge in [-0.3, -0.25) is 4.79 Å². The Morgan fingerprint density at radius 3 is 1.20 bits per heavy atom. The Bertz CT molecular complexity index is 757. The molecule has 0 saturated carbocycles. The fraction of sp³-hybridized carbons (Fsp3) is 0.886. The summed E-state index contributed by atoms with van der Waals surface area (Å²) in [5, 5.41) is 43.6. The minimum atomic E-state index is -1.28. The zero-order chi connectivity index (χ0) is 36.8. The lowest BCUT2D eigenvalue weighted by Crippen LogP contribution is -2.53. The number of unbranched alkanes of at least 4 members (excludes halogenated alkanes) is 26. The normalized spacial score (nSPS) is 14.4. The molecular formula is C44H85NO5. The van der Waals surface area contributed by atoms with Gasteiger partial charge in [-0.05, 0) is 64.2 Å². The smallest absolute Gasteiger partial charge is 0.249 e. The van der Waals surface area contributed by atoms with E-state index in [1.807, 2.05) is 0 Å². The third-order valence-electron chi connectivity index (χ3n) is 10.1. The van der Waals surface area contributed by atoms with Crippen LogP contribution in [0.2, 0.25) is 0 Å². The Balaban J connectivity index is 3.79. The molecule has 1 amide bonds. The Morgan fingerprint density at radius 2 is 0.820 bits per heavy atom. The van der Waals surface area contributed by atoms with E-state index in [0.29, 0.717) is 12.8 Å². The monoisotopic (exact) mass is 708 g/mol. The summed E-state index contributed by atoms with van der Waals surface area (Å²) < 4.78 is 0. The van der Waals surface area contributed by atoms with Crippen molar-refractivity contribution in [3.63, 3.8) is 0 Å². The maximum atomic E-state index is 12.5. The molecule has 4 unspecified atom stereocenters. The largest absolute Gasteiger partial charge is 0.394 e. The topological polar surface area (TPSA) is 110 Å². The Kier molecular flexibility index (Phi) is 38.1. The van der Waals surface area contributed by atoms with Gasteiger partial charge in [0.1, 0.15) is 12.2 Å². The van der Waals surface area contributed by atoms with Crippen molar-refractivity contribution in [1.29, 1.82) is 0 Å². The second-order valence-electron chi connectivity index (χ2n) is 15.0. The van der Waals surface area contributed by atoms with Gasteiger partial charge >= 0.3 is 0 Å². The van der Waals surface area contributed by atoms with Crippen LogP contribution in [0.3, 0.4) is 0 Å². The molecule has 0 saturated heterocycles. The highest BCUT2D eigenvalue weighted by molar-refractivity contribution is 5.80. The maximum Gasteiger partial charge on any atom is 0.249 e. The summed E-state index contributed by atoms with van der Waals surface area (Å²) in [6, 6.07) is -1.00. The quantitative estimate of drug-likeness (QED) is 0.0323. The van der Waals surface area contributed by atoms with E-state index in [4.69, 9.17) is 0 Å². The van der Waals surface area contributed by atoms with E-state index < -0.39 is 36.9 Å². The second-order valence-corrected chi connectivity index (χ2v) is 15.0. The number of aliphatic hydroxyl groups excluding tert-OH is 4. The zero-order valence-corrected chi connectivity index (χ0v) is 33.2. The predicted octanol–water partition coefficient (Wildman–Crippen LogP) is 11.2. The number of rotatable bonds is 39. The summed E-state index contributed by atoms with van der Waals surface area (Å²) in [6.07, 6.45) is 43.5. The molecule has 0 aromatic heterocycles. The third kappa shape index (κ3) is 32.7. The maximum absolute atomic E-state index is 12.5. The van der Waals surface area contributed by atoms with Gasteiger partial charge in [0.2, 0.25) is 5.91 Å². The molecule has 0 fully saturated rings. The van der Waals surface area contributed by atoms with Gasteiger partial charge < -0.3 is 25.7 Å². The van der Waals surface area contributed by atoms with Gasteiger partial charge in [-0.2, -0.15) is 0 Å². The fourth-order valence-electron chi connectivity index (χ4n) is 6.63. The van der Waals surface area contributed by atoms with Crippen molar-refractivity contribution < 1.29 is 25.2 Å². The summed E-state index contributed by atoms with van der Waals surface area (Å²) in [7, 11) is 0. The number of hydrogen-bond donors (Lipinski definition) is 5. The lowest BCUT2D eigenvalue weighted by atomic mass is 10.00. The van der Waals surface area contributed by atoms with E-state index in [0.717, 1.165) is 44.9 Å². The van der Waals surface area contributed by atoms with Crippen LogP contribution < -0.4 is 5.32 Å². The van der Waals surface area contributed by atoms with E-state index in [-0.39, 0.29) is 0 Å². The molecule has 6 nitrogen and oxygen atoms in total. The van der Waals surface area contributed by atoms with Crippen LogP contribution in [-0.2, 0) is 4.79 Å². The van der Waals surface area contributed by atoms with Crippen LogP contribution in [0, 0.1) is 0 Å². The van der Waals surface area contributed by atoms with Gasteiger partial charge in [-0.1, -0.05) is 179 Å². The molecule has 5 N–H and O–H groups in total. The number of nitrogens with one attached hydrogen (secondary N) is 1. The molecule has 4 atom stereocenters. The number of amides is 1. The van der Waals surface area contributed by atoms with Crippen molar-refractivity contribution in [2.24, 2.45) is 0 Å². The summed E-state index contributed by atoms with van der Waals surface area (Å²) in [6.45, 7) is 4.03. The number of aliphatic hydroxyl groups is 4. The van der Waals surface area contributed by atoms with Gasteiger partial charge in [0, 0.05) is 0 Å². The van der Waals surface area contributed by atoms with Gasteiger partial charge in [-0.25, -0.2) is 0 Å². The SMILES string of the molecule is CCCCCCCCCCC/C=C\CCCCCCCCC(O)C(=O)NC(CO)C(O)C(O)CCC/C=C/CCCCCCCCCCCC. The molecule has 0 aliphatic carbocycles. The van der Waals surface area contributed by atoms with E-state index in [9.17, 15) is 25.2 Å². The predicted molar refractivity (Wildman–Crippen MR) is 214 cm³/mol. The highest BCUT2D eigenvalue weighted by Gasteiger charge is 2.28. The van der Waals surface area contributed by atoms with Crippen molar-refractivity contribution in [2.45, 2.75) is 244 Å². The van der Waals surface area contributed by atoms with E-state index in [2.05, 4.69) is 43.5 Å². The minimum absolute atomic E-state index is 0.357. The molecule has 0 aliphatic rings. The first-order valence-corrected chi connectivity index (χ1v) is 21.7. The van der Waals surface area contributed by atoms with Gasteiger partial charge in [0.05, 0.1) is 18.8 Å². The Labute approximate surface area is 310 Å². The van der Waals surface area contributed by atoms with Crippen LogP contribution in [-0.4, -0.2) is 57.3 Å². The van der Waals surface area contributed by atoms with Gasteiger partial charge in [0.25, 0.3) is 0 Å². The Hall–Kier alpha value is -1.21. The lowest BCUT2D eigenvalue weighted by Gasteiger charge is -2.27. The van der Waals surface area contributed by atoms with Crippen molar-refractivity contribution in [2.75, 3.05) is 6.61 Å². The van der Waals surface area contributed by atoms with Crippen molar-refractivity contribution in [3.8, 4) is 0 Å². The van der Waals surface area contributed by atoms with Crippen LogP contribution in [0.5, 0.6) is 0 Å². The molecule has 6 heteroatoms. The molecule has 0 rings (SSSR count). The third-order valence-corrected chi connectivity index (χ3v) is 10.1. The van der Waals surface area contributed by atoms with Crippen LogP contribution >= 0.6 is 0 Å². The molecule has 0 aromatic carbocycles. The first-order chi connectivity index (χ1) is 24.5. The first kappa shape index (κ1) is 48.8. The average Bonchev–Trinajstić information content (AvgIpc) is 3.12. The number of carbonyl (C=O) groups is 1. The van der Waals surface area contributed by atoms with E-state index in [1.165, 1.54) is 148 Å². The zero-order valence-electron chi connectivity index (χ0n) is 33.2. The molecular weight excluding hydrogens is 622 g/mol. The highest BCUT2D eigenvalue weighted by atomic mass is 16.3. The lowest BCUT2D eigenvalue weighted by molar-refractivity contribution is -0.132. The number of hydrogen-bond acceptors (Lipinski definition) is 5. The molecule has 0 bridgehead atoms. The summed E-state index contributed by atoms with van der Waals surface area (Å²) in [5.74, 6) is -0.598. The first-order valence-electron chi connectivity index (χ1n) is 21.7. The van der Waals surface area contributed by atoms with Crippen molar-refractivity contribution in [1.82, 2.24) is 5.32 Å².